The smallest absolute Gasteiger partial charge is 0.275 e. The predicted octanol–water partition coefficient (Wildman–Crippen LogP) is 2.21. The van der Waals surface area contributed by atoms with Gasteiger partial charge in [-0.15, -0.1) is 11.3 Å². The van der Waals surface area contributed by atoms with Crippen LogP contribution in [-0.2, 0) is 0 Å². The number of likely N-dealkylation sites (N-methyl/N-ethyl adjacent to an activating group) is 1. The van der Waals surface area contributed by atoms with E-state index in [1.54, 1.807) is 10.9 Å². The average molecular weight is 291 g/mol. The van der Waals surface area contributed by atoms with Gasteiger partial charge in [-0.3, -0.25) is 4.79 Å². The van der Waals surface area contributed by atoms with Crippen molar-refractivity contribution in [1.82, 2.24) is 4.98 Å². The molecule has 0 bridgehead atoms. The maximum atomic E-state index is 11.8. The second-order valence-electron chi connectivity index (χ2n) is 4.18. The highest BCUT2D eigenvalue weighted by Crippen LogP contribution is 2.18. The molecule has 1 aromatic heterocycles. The molecule has 2 N–H and O–H groups in total. The molecule has 0 spiro atoms. The van der Waals surface area contributed by atoms with Crippen LogP contribution in [0.3, 0.4) is 0 Å². The van der Waals surface area contributed by atoms with Gasteiger partial charge in [0, 0.05) is 29.8 Å². The van der Waals surface area contributed by atoms with Crippen LogP contribution >= 0.6 is 11.3 Å². The van der Waals surface area contributed by atoms with Gasteiger partial charge < -0.3 is 15.3 Å². The number of benzene rings is 1. The van der Waals surface area contributed by atoms with Crippen LogP contribution in [0.4, 0.5) is 11.4 Å². The van der Waals surface area contributed by atoms with Gasteiger partial charge in [-0.2, -0.15) is 0 Å². The zero-order valence-electron chi connectivity index (χ0n) is 11.2. The monoisotopic (exact) mass is 291 g/mol. The summed E-state index contributed by atoms with van der Waals surface area (Å²) in [5.41, 5.74) is 3.81. The molecule has 1 heterocycles. The number of hydrogen-bond donors (Lipinski definition) is 2. The number of aromatic nitrogens is 1. The van der Waals surface area contributed by atoms with Crippen LogP contribution < -0.4 is 10.2 Å². The third kappa shape index (κ3) is 3.55. The van der Waals surface area contributed by atoms with Crippen molar-refractivity contribution < 1.29 is 9.90 Å². The number of anilines is 2. The van der Waals surface area contributed by atoms with Gasteiger partial charge in [0.15, 0.2) is 0 Å². The SMILES string of the molecule is CCN(CCO)c1ccc(NC(=O)c2cscn2)cc1. The molecule has 5 nitrogen and oxygen atoms in total. The number of nitrogens with one attached hydrogen (secondary N) is 1. The molecule has 0 atom stereocenters. The molecule has 2 rings (SSSR count). The van der Waals surface area contributed by atoms with E-state index >= 15 is 0 Å². The Balaban J connectivity index is 2.03. The molecule has 6 heteroatoms. The predicted molar refractivity (Wildman–Crippen MR) is 81.5 cm³/mol. The van der Waals surface area contributed by atoms with Gasteiger partial charge in [-0.25, -0.2) is 4.98 Å². The largest absolute Gasteiger partial charge is 0.395 e. The lowest BCUT2D eigenvalue weighted by Crippen LogP contribution is -2.26. The van der Waals surface area contributed by atoms with E-state index in [0.29, 0.717) is 12.2 Å². The van der Waals surface area contributed by atoms with Crippen molar-refractivity contribution in [3.05, 3.63) is 40.8 Å². The molecule has 0 saturated heterocycles. The minimum absolute atomic E-state index is 0.121. The fourth-order valence-corrected chi connectivity index (χ4v) is 2.40. The summed E-state index contributed by atoms with van der Waals surface area (Å²) in [6.45, 7) is 3.58. The first-order valence-electron chi connectivity index (χ1n) is 6.40. The minimum Gasteiger partial charge on any atom is -0.395 e. The molecule has 0 saturated carbocycles. The molecule has 0 aliphatic rings. The van der Waals surface area contributed by atoms with Crippen LogP contribution in [0.5, 0.6) is 0 Å². The molecule has 0 aliphatic heterocycles. The second kappa shape index (κ2) is 7.02. The van der Waals surface area contributed by atoms with Crippen molar-refractivity contribution in [1.29, 1.82) is 0 Å². The maximum Gasteiger partial charge on any atom is 0.275 e. The van der Waals surface area contributed by atoms with Gasteiger partial charge in [-0.05, 0) is 31.2 Å². The molecule has 1 amide bonds. The molecular weight excluding hydrogens is 274 g/mol. The van der Waals surface area contributed by atoms with Gasteiger partial charge in [0.1, 0.15) is 5.69 Å². The van der Waals surface area contributed by atoms with E-state index < -0.39 is 0 Å². The number of carbonyl (C=O) groups excluding carboxylic acids is 1. The van der Waals surface area contributed by atoms with Crippen LogP contribution in [0.1, 0.15) is 17.4 Å². The van der Waals surface area contributed by atoms with Crippen LogP contribution in [0.2, 0.25) is 0 Å². The summed E-state index contributed by atoms with van der Waals surface area (Å²) in [6.07, 6.45) is 0. The Kier molecular flexibility index (Phi) is 5.09. The van der Waals surface area contributed by atoms with Crippen LogP contribution in [0.25, 0.3) is 0 Å². The number of aliphatic hydroxyl groups excluding tert-OH is 1. The lowest BCUT2D eigenvalue weighted by Gasteiger charge is -2.22. The number of rotatable bonds is 6. The number of carbonyl (C=O) groups is 1. The first-order chi connectivity index (χ1) is 9.74. The molecule has 0 radical (unpaired) electrons. The van der Waals surface area contributed by atoms with Gasteiger partial charge >= 0.3 is 0 Å². The van der Waals surface area contributed by atoms with Gasteiger partial charge in [0.25, 0.3) is 5.91 Å². The Bertz CT molecular complexity index is 540. The Hall–Kier alpha value is -1.92. The van der Waals surface area contributed by atoms with Crippen molar-refractivity contribution in [2.75, 3.05) is 29.9 Å². The molecule has 0 unspecified atom stereocenters. The second-order valence-corrected chi connectivity index (χ2v) is 4.90. The molecule has 2 aromatic rings. The quantitative estimate of drug-likeness (QED) is 0.856. The lowest BCUT2D eigenvalue weighted by atomic mass is 10.2. The number of amides is 1. The molecule has 20 heavy (non-hydrogen) atoms. The fraction of sp³-hybridized carbons (Fsp3) is 0.286. The van der Waals surface area contributed by atoms with Crippen molar-refractivity contribution in [2.24, 2.45) is 0 Å². The third-order valence-corrected chi connectivity index (χ3v) is 3.49. The number of aliphatic hydroxyl groups is 1. The van der Waals surface area contributed by atoms with Gasteiger partial charge in [0.05, 0.1) is 12.1 Å². The Morgan fingerprint density at radius 1 is 1.40 bits per heavy atom. The Labute approximate surface area is 121 Å². The van der Waals surface area contributed by atoms with E-state index in [0.717, 1.165) is 17.9 Å². The summed E-state index contributed by atoms with van der Waals surface area (Å²) >= 11 is 1.39. The fourth-order valence-electron chi connectivity index (χ4n) is 1.87. The van der Waals surface area contributed by atoms with Crippen LogP contribution in [-0.4, -0.2) is 35.7 Å². The lowest BCUT2D eigenvalue weighted by molar-refractivity contribution is 0.102. The maximum absolute atomic E-state index is 11.8. The molecular formula is C14H17N3O2S. The minimum atomic E-state index is -0.207. The molecule has 1 aromatic carbocycles. The zero-order chi connectivity index (χ0) is 14.4. The highest BCUT2D eigenvalue weighted by Gasteiger charge is 2.08. The van der Waals surface area contributed by atoms with Crippen molar-refractivity contribution in [3.8, 4) is 0 Å². The number of hydrogen-bond acceptors (Lipinski definition) is 5. The van der Waals surface area contributed by atoms with Gasteiger partial charge in [-0.1, -0.05) is 0 Å². The summed E-state index contributed by atoms with van der Waals surface area (Å²) in [5, 5.41) is 13.5. The Morgan fingerprint density at radius 2 is 2.15 bits per heavy atom. The van der Waals surface area contributed by atoms with E-state index in [-0.39, 0.29) is 12.5 Å². The van der Waals surface area contributed by atoms with E-state index in [9.17, 15) is 4.79 Å². The topological polar surface area (TPSA) is 65.5 Å². The molecule has 0 fully saturated rings. The average Bonchev–Trinajstić information content (AvgIpc) is 3.00. The summed E-state index contributed by atoms with van der Waals surface area (Å²) < 4.78 is 0. The Morgan fingerprint density at radius 3 is 2.70 bits per heavy atom. The highest BCUT2D eigenvalue weighted by atomic mass is 32.1. The van der Waals surface area contributed by atoms with Crippen molar-refractivity contribution in [3.63, 3.8) is 0 Å². The molecule has 106 valence electrons. The van der Waals surface area contributed by atoms with Crippen LogP contribution in [0, 0.1) is 0 Å². The van der Waals surface area contributed by atoms with E-state index in [1.165, 1.54) is 11.3 Å². The summed E-state index contributed by atoms with van der Waals surface area (Å²) in [4.78, 5) is 17.9. The first kappa shape index (κ1) is 14.5. The third-order valence-electron chi connectivity index (χ3n) is 2.91. The van der Waals surface area contributed by atoms with E-state index in [2.05, 4.69) is 15.2 Å². The summed E-state index contributed by atoms with van der Waals surface area (Å²) in [6, 6.07) is 7.55. The highest BCUT2D eigenvalue weighted by molar-refractivity contribution is 7.07. The van der Waals surface area contributed by atoms with Gasteiger partial charge in [0.2, 0.25) is 0 Å². The zero-order valence-corrected chi connectivity index (χ0v) is 12.1. The number of nitrogens with zero attached hydrogens (tertiary/aromatic N) is 2. The standard InChI is InChI=1S/C14H17N3O2S/c1-2-17(7-8-18)12-5-3-11(4-6-12)16-14(19)13-9-20-10-15-13/h3-6,9-10,18H,2,7-8H2,1H3,(H,16,19). The van der Waals surface area contributed by atoms with E-state index in [4.69, 9.17) is 5.11 Å². The van der Waals surface area contributed by atoms with Crippen molar-refractivity contribution in [2.45, 2.75) is 6.92 Å². The number of thiazole rings is 1. The molecule has 0 aliphatic carbocycles. The first-order valence-corrected chi connectivity index (χ1v) is 7.34. The van der Waals surface area contributed by atoms with Crippen molar-refractivity contribution >= 4 is 28.6 Å². The summed E-state index contributed by atoms with van der Waals surface area (Å²) in [5.74, 6) is -0.207. The summed E-state index contributed by atoms with van der Waals surface area (Å²) in [7, 11) is 0. The normalized spacial score (nSPS) is 10.3. The van der Waals surface area contributed by atoms with E-state index in [1.807, 2.05) is 31.2 Å². The van der Waals surface area contributed by atoms with Crippen LogP contribution in [0.15, 0.2) is 35.2 Å².